The molecule has 2 aromatic heterocycles. The van der Waals surface area contributed by atoms with Crippen molar-refractivity contribution in [2.45, 2.75) is 32.2 Å². The van der Waals surface area contributed by atoms with Crippen molar-refractivity contribution in [2.75, 3.05) is 55.0 Å². The standard InChI is InChI=1S/C34H36ClN7O2/c1-38(2)31-28-13-12-24(35)20-30(28)42(34(44)36-31)26-9-7-8-25(21-26)39-18-14-23(15-19-39)22-41-29-11-4-3-10-27(29)32(37-33(41)43)40-16-5-6-17-40/h3-4,7-13,20-21,23H,5-6,14-19,22H2,1-2H3. The molecule has 7 rings (SSSR count). The predicted octanol–water partition coefficient (Wildman–Crippen LogP) is 5.33. The van der Waals surface area contributed by atoms with Gasteiger partial charge in [0.2, 0.25) is 0 Å². The number of para-hydroxylation sites is 1. The van der Waals surface area contributed by atoms with Gasteiger partial charge in [0, 0.05) is 68.3 Å². The highest BCUT2D eigenvalue weighted by Gasteiger charge is 2.24. The number of piperidine rings is 1. The van der Waals surface area contributed by atoms with Gasteiger partial charge in [-0.25, -0.2) is 9.59 Å². The Bertz CT molecular complexity index is 1970. The summed E-state index contributed by atoms with van der Waals surface area (Å²) in [6.45, 7) is 4.29. The molecule has 4 heterocycles. The van der Waals surface area contributed by atoms with Crippen LogP contribution in [0.5, 0.6) is 0 Å². The lowest BCUT2D eigenvalue weighted by Gasteiger charge is -2.34. The fourth-order valence-electron chi connectivity index (χ4n) is 6.79. The Kier molecular flexibility index (Phi) is 7.50. The van der Waals surface area contributed by atoms with Crippen molar-refractivity contribution in [1.29, 1.82) is 0 Å². The fraction of sp³-hybridized carbons (Fsp3) is 0.353. The van der Waals surface area contributed by atoms with E-state index in [1.807, 2.05) is 66.0 Å². The van der Waals surface area contributed by atoms with Crippen LogP contribution in [0.4, 0.5) is 17.3 Å². The van der Waals surface area contributed by atoms with Crippen molar-refractivity contribution in [3.8, 4) is 5.69 Å². The minimum atomic E-state index is -0.346. The van der Waals surface area contributed by atoms with Crippen LogP contribution in [0.2, 0.25) is 5.02 Å². The zero-order chi connectivity index (χ0) is 30.4. The third kappa shape index (κ3) is 5.19. The van der Waals surface area contributed by atoms with Crippen LogP contribution in [0, 0.1) is 5.92 Å². The van der Waals surface area contributed by atoms with Crippen molar-refractivity contribution in [2.24, 2.45) is 5.92 Å². The zero-order valence-electron chi connectivity index (χ0n) is 25.1. The molecular weight excluding hydrogens is 574 g/mol. The van der Waals surface area contributed by atoms with Gasteiger partial charge in [-0.2, -0.15) is 9.97 Å². The number of halogens is 1. The molecule has 0 N–H and O–H groups in total. The fourth-order valence-corrected chi connectivity index (χ4v) is 6.96. The number of anilines is 3. The smallest absolute Gasteiger partial charge is 0.354 e. The molecule has 3 aromatic carbocycles. The molecule has 9 nitrogen and oxygen atoms in total. The number of rotatable bonds is 6. The van der Waals surface area contributed by atoms with Gasteiger partial charge in [0.05, 0.1) is 16.7 Å². The van der Waals surface area contributed by atoms with E-state index in [1.165, 1.54) is 0 Å². The quantitative estimate of drug-likeness (QED) is 0.257. The van der Waals surface area contributed by atoms with Crippen LogP contribution in [0.15, 0.2) is 76.3 Å². The van der Waals surface area contributed by atoms with Gasteiger partial charge >= 0.3 is 11.4 Å². The van der Waals surface area contributed by atoms with Crippen LogP contribution >= 0.6 is 11.6 Å². The molecule has 44 heavy (non-hydrogen) atoms. The average molecular weight is 610 g/mol. The second kappa shape index (κ2) is 11.6. The van der Waals surface area contributed by atoms with E-state index < -0.39 is 0 Å². The van der Waals surface area contributed by atoms with Gasteiger partial charge in [0.25, 0.3) is 0 Å². The zero-order valence-corrected chi connectivity index (χ0v) is 25.9. The molecule has 0 bridgehead atoms. The molecule has 0 spiro atoms. The summed E-state index contributed by atoms with van der Waals surface area (Å²) in [5, 5.41) is 2.48. The first-order valence-corrected chi connectivity index (χ1v) is 15.7. The number of fused-ring (bicyclic) bond motifs is 2. The van der Waals surface area contributed by atoms with E-state index in [1.54, 1.807) is 4.57 Å². The third-order valence-electron chi connectivity index (χ3n) is 9.04. The highest BCUT2D eigenvalue weighted by molar-refractivity contribution is 6.31. The van der Waals surface area contributed by atoms with E-state index in [0.717, 1.165) is 90.9 Å². The van der Waals surface area contributed by atoms with E-state index in [9.17, 15) is 9.59 Å². The Labute approximate surface area is 260 Å². The van der Waals surface area contributed by atoms with Gasteiger partial charge in [-0.3, -0.25) is 9.13 Å². The van der Waals surface area contributed by atoms with Gasteiger partial charge in [-0.05, 0) is 80.1 Å². The summed E-state index contributed by atoms with van der Waals surface area (Å²) in [6.07, 6.45) is 4.19. The third-order valence-corrected chi connectivity index (χ3v) is 9.28. The number of hydrogen-bond donors (Lipinski definition) is 0. The first-order valence-electron chi connectivity index (χ1n) is 15.4. The Hall–Kier alpha value is -4.37. The summed E-state index contributed by atoms with van der Waals surface area (Å²) in [6, 6.07) is 21.8. The van der Waals surface area contributed by atoms with Crippen LogP contribution in [0.3, 0.4) is 0 Å². The maximum atomic E-state index is 13.3. The summed E-state index contributed by atoms with van der Waals surface area (Å²) < 4.78 is 3.52. The predicted molar refractivity (Wildman–Crippen MR) is 179 cm³/mol. The van der Waals surface area contributed by atoms with Gasteiger partial charge in [0.15, 0.2) is 0 Å². The van der Waals surface area contributed by atoms with Crippen LogP contribution in [-0.2, 0) is 6.54 Å². The molecule has 5 aromatic rings. The van der Waals surface area contributed by atoms with E-state index in [4.69, 9.17) is 11.6 Å². The second-order valence-electron chi connectivity index (χ2n) is 12.1. The summed E-state index contributed by atoms with van der Waals surface area (Å²) in [4.78, 5) is 42.1. The van der Waals surface area contributed by atoms with E-state index in [0.29, 0.717) is 23.3 Å². The Morgan fingerprint density at radius 3 is 2.30 bits per heavy atom. The molecule has 226 valence electrons. The molecule has 0 atom stereocenters. The lowest BCUT2D eigenvalue weighted by Crippen LogP contribution is -2.37. The van der Waals surface area contributed by atoms with Crippen LogP contribution < -0.4 is 26.1 Å². The SMILES string of the molecule is CN(C)c1nc(=O)n(-c2cccc(N3CCC(Cn4c(=O)nc(N5CCCC5)c5ccccc54)CC3)c2)c2cc(Cl)ccc12. The molecule has 0 aliphatic carbocycles. The van der Waals surface area contributed by atoms with E-state index in [2.05, 4.69) is 44.0 Å². The lowest BCUT2D eigenvalue weighted by atomic mass is 9.96. The summed E-state index contributed by atoms with van der Waals surface area (Å²) in [5.41, 5.74) is 2.99. The van der Waals surface area contributed by atoms with E-state index in [-0.39, 0.29) is 11.4 Å². The monoisotopic (exact) mass is 609 g/mol. The molecule has 10 heteroatoms. The number of benzene rings is 3. The van der Waals surface area contributed by atoms with Crippen LogP contribution in [-0.4, -0.2) is 59.4 Å². The molecule has 0 amide bonds. The lowest BCUT2D eigenvalue weighted by molar-refractivity contribution is 0.355. The second-order valence-corrected chi connectivity index (χ2v) is 12.5. The highest BCUT2D eigenvalue weighted by atomic mass is 35.5. The Morgan fingerprint density at radius 1 is 0.773 bits per heavy atom. The van der Waals surface area contributed by atoms with Crippen molar-refractivity contribution in [1.82, 2.24) is 19.1 Å². The summed E-state index contributed by atoms with van der Waals surface area (Å²) >= 11 is 6.38. The molecular formula is C34H36ClN7O2. The summed E-state index contributed by atoms with van der Waals surface area (Å²) in [7, 11) is 3.76. The van der Waals surface area contributed by atoms with Gasteiger partial charge in [0.1, 0.15) is 11.6 Å². The van der Waals surface area contributed by atoms with Crippen LogP contribution in [0.1, 0.15) is 25.7 Å². The molecule has 0 radical (unpaired) electrons. The molecule has 0 unspecified atom stereocenters. The number of hydrogen-bond acceptors (Lipinski definition) is 7. The molecule has 2 aliphatic heterocycles. The number of nitrogens with zero attached hydrogens (tertiary/aromatic N) is 7. The first kappa shape index (κ1) is 28.4. The summed E-state index contributed by atoms with van der Waals surface area (Å²) in [5.74, 6) is 1.81. The maximum absolute atomic E-state index is 13.3. The topological polar surface area (TPSA) is 79.5 Å². The van der Waals surface area contributed by atoms with Gasteiger partial charge < -0.3 is 14.7 Å². The minimum Gasteiger partial charge on any atom is -0.371 e. The van der Waals surface area contributed by atoms with Gasteiger partial charge in [-0.1, -0.05) is 29.8 Å². The minimum absolute atomic E-state index is 0.160. The maximum Gasteiger partial charge on any atom is 0.354 e. The first-order chi connectivity index (χ1) is 21.4. The largest absolute Gasteiger partial charge is 0.371 e. The van der Waals surface area contributed by atoms with Crippen molar-refractivity contribution >= 4 is 50.7 Å². The Morgan fingerprint density at radius 2 is 1.52 bits per heavy atom. The van der Waals surface area contributed by atoms with Crippen molar-refractivity contribution < 1.29 is 0 Å². The molecule has 2 saturated heterocycles. The van der Waals surface area contributed by atoms with Gasteiger partial charge in [-0.15, -0.1) is 0 Å². The Balaban J connectivity index is 1.13. The van der Waals surface area contributed by atoms with Crippen molar-refractivity contribution in [3.63, 3.8) is 0 Å². The van der Waals surface area contributed by atoms with Crippen LogP contribution in [0.25, 0.3) is 27.5 Å². The molecule has 2 aliphatic rings. The number of aromatic nitrogens is 4. The highest BCUT2D eigenvalue weighted by Crippen LogP contribution is 2.31. The normalized spacial score (nSPS) is 15.9. The van der Waals surface area contributed by atoms with E-state index >= 15 is 0 Å². The molecule has 0 saturated carbocycles. The molecule has 2 fully saturated rings. The average Bonchev–Trinajstić information content (AvgIpc) is 3.57. The van der Waals surface area contributed by atoms with Crippen molar-refractivity contribution in [3.05, 3.63) is 92.7 Å².